The predicted molar refractivity (Wildman–Crippen MR) is 118 cm³/mol. The van der Waals surface area contributed by atoms with Gasteiger partial charge in [0.2, 0.25) is 0 Å². The Balaban J connectivity index is 1.49. The SMILES string of the molecule is C[C@@]12CCC[C@H]1[C@@H]1CC[C@@H]3[C@](C)(CCC(=O)[N+]3(C)N(C=O)C3CCCCC3)[C@H]1CC2. The van der Waals surface area contributed by atoms with Gasteiger partial charge in [-0.25, -0.2) is 4.79 Å². The van der Waals surface area contributed by atoms with Crippen LogP contribution in [0.1, 0.15) is 104 Å². The van der Waals surface area contributed by atoms with Gasteiger partial charge in [0.05, 0.1) is 19.5 Å². The third-order valence-electron chi connectivity index (χ3n) is 11.1. The van der Waals surface area contributed by atoms with Crippen LogP contribution >= 0.6 is 0 Å². The standard InChI is InChI=1S/C26H43N2O2/c1-25-15-7-10-21(25)20-11-12-23-26(2,22(20)13-16-25)17-14-24(30)28(23,3)27(18-29)19-8-5-4-6-9-19/h18-23H,4-17H2,1-3H3/q+1/t20-,21-,22-,23+,25-,26+,28?/m0/s1. The maximum absolute atomic E-state index is 13.5. The van der Waals surface area contributed by atoms with E-state index in [-0.39, 0.29) is 28.0 Å². The molecule has 1 unspecified atom stereocenters. The number of likely N-dealkylation sites (tertiary alicyclic amines) is 1. The molecule has 5 rings (SSSR count). The monoisotopic (exact) mass is 415 g/mol. The van der Waals surface area contributed by atoms with Crippen LogP contribution in [0, 0.1) is 28.6 Å². The van der Waals surface area contributed by atoms with Gasteiger partial charge in [0.25, 0.3) is 6.41 Å². The Kier molecular flexibility index (Phi) is 5.12. The molecular formula is C26H43N2O2+. The van der Waals surface area contributed by atoms with Gasteiger partial charge >= 0.3 is 5.91 Å². The van der Waals surface area contributed by atoms with Crippen LogP contribution in [-0.4, -0.2) is 41.0 Å². The van der Waals surface area contributed by atoms with E-state index in [4.69, 9.17) is 0 Å². The number of quaternary nitrogens is 1. The molecular weight excluding hydrogens is 372 g/mol. The topological polar surface area (TPSA) is 37.4 Å². The summed E-state index contributed by atoms with van der Waals surface area (Å²) in [6, 6.07) is 0.521. The molecule has 30 heavy (non-hydrogen) atoms. The van der Waals surface area contributed by atoms with Crippen LogP contribution in [-0.2, 0) is 9.59 Å². The predicted octanol–water partition coefficient (Wildman–Crippen LogP) is 5.46. The highest BCUT2D eigenvalue weighted by Crippen LogP contribution is 2.65. The molecule has 5 fully saturated rings. The Morgan fingerprint density at radius 3 is 2.40 bits per heavy atom. The fraction of sp³-hybridized carbons (Fsp3) is 0.923. The van der Waals surface area contributed by atoms with E-state index in [2.05, 4.69) is 20.9 Å². The van der Waals surface area contributed by atoms with Crippen LogP contribution in [0.15, 0.2) is 0 Å². The molecule has 1 aliphatic heterocycles. The van der Waals surface area contributed by atoms with Gasteiger partial charge in [0.15, 0.2) is 0 Å². The highest BCUT2D eigenvalue weighted by atomic mass is 16.2. The highest BCUT2D eigenvalue weighted by molar-refractivity contribution is 5.71. The number of fused-ring (bicyclic) bond motifs is 5. The van der Waals surface area contributed by atoms with Crippen molar-refractivity contribution in [1.82, 2.24) is 5.01 Å². The summed E-state index contributed by atoms with van der Waals surface area (Å²) in [6.45, 7) is 5.08. The van der Waals surface area contributed by atoms with Crippen molar-refractivity contribution < 1.29 is 14.2 Å². The summed E-state index contributed by atoms with van der Waals surface area (Å²) in [5.74, 6) is 2.76. The normalized spacial score (nSPS) is 49.1. The summed E-state index contributed by atoms with van der Waals surface area (Å²) in [6.07, 6.45) is 17.9. The van der Waals surface area contributed by atoms with E-state index in [1.54, 1.807) is 0 Å². The van der Waals surface area contributed by atoms with Crippen LogP contribution in [0.5, 0.6) is 0 Å². The lowest BCUT2D eigenvalue weighted by atomic mass is 9.47. The van der Waals surface area contributed by atoms with Crippen molar-refractivity contribution in [1.29, 1.82) is 0 Å². The molecule has 1 saturated heterocycles. The molecule has 0 spiro atoms. The number of carbonyl (C=O) groups excluding carboxylic acids is 2. The first-order chi connectivity index (χ1) is 14.3. The lowest BCUT2D eigenvalue weighted by molar-refractivity contribution is -0.976. The Morgan fingerprint density at radius 1 is 0.900 bits per heavy atom. The summed E-state index contributed by atoms with van der Waals surface area (Å²) in [4.78, 5) is 26.0. The quantitative estimate of drug-likeness (QED) is 0.453. The maximum Gasteiger partial charge on any atom is 0.338 e. The average molecular weight is 416 g/mol. The maximum atomic E-state index is 13.5. The van der Waals surface area contributed by atoms with E-state index in [1.165, 1.54) is 57.8 Å². The van der Waals surface area contributed by atoms with Crippen LogP contribution < -0.4 is 0 Å². The van der Waals surface area contributed by atoms with Crippen molar-refractivity contribution in [2.45, 2.75) is 116 Å². The van der Waals surface area contributed by atoms with E-state index < -0.39 is 0 Å². The summed E-state index contributed by atoms with van der Waals surface area (Å²) in [5, 5.41) is 1.99. The summed E-state index contributed by atoms with van der Waals surface area (Å²) in [7, 11) is 2.11. The summed E-state index contributed by atoms with van der Waals surface area (Å²) < 4.78 is 0.274. The molecule has 0 bridgehead atoms. The van der Waals surface area contributed by atoms with Crippen LogP contribution in [0.25, 0.3) is 0 Å². The van der Waals surface area contributed by atoms with Crippen LogP contribution in [0.4, 0.5) is 0 Å². The van der Waals surface area contributed by atoms with Gasteiger partial charge in [-0.1, -0.05) is 39.5 Å². The molecule has 5 aliphatic rings. The molecule has 1 heterocycles. The number of rotatable bonds is 3. The van der Waals surface area contributed by atoms with E-state index >= 15 is 0 Å². The van der Waals surface area contributed by atoms with Gasteiger partial charge < -0.3 is 0 Å². The fourth-order valence-corrected chi connectivity index (χ4v) is 9.54. The van der Waals surface area contributed by atoms with Crippen molar-refractivity contribution in [2.24, 2.45) is 28.6 Å². The van der Waals surface area contributed by atoms with E-state index in [1.807, 2.05) is 5.01 Å². The fourth-order valence-electron chi connectivity index (χ4n) is 9.54. The third-order valence-corrected chi connectivity index (χ3v) is 11.1. The molecule has 0 radical (unpaired) electrons. The van der Waals surface area contributed by atoms with Gasteiger partial charge in [-0.05, 0) is 74.5 Å². The molecule has 4 aliphatic carbocycles. The second-order valence-corrected chi connectivity index (χ2v) is 12.3. The molecule has 2 amide bonds. The summed E-state index contributed by atoms with van der Waals surface area (Å²) in [5.41, 5.74) is 0.759. The van der Waals surface area contributed by atoms with Crippen molar-refractivity contribution in [3.8, 4) is 0 Å². The zero-order valence-electron chi connectivity index (χ0n) is 19.6. The van der Waals surface area contributed by atoms with Crippen LogP contribution in [0.3, 0.4) is 0 Å². The molecule has 4 saturated carbocycles. The molecule has 4 heteroatoms. The largest absolute Gasteiger partial charge is 0.338 e. The zero-order valence-corrected chi connectivity index (χ0v) is 19.6. The lowest BCUT2D eigenvalue weighted by Crippen LogP contribution is -2.76. The van der Waals surface area contributed by atoms with E-state index in [0.717, 1.165) is 49.8 Å². The highest BCUT2D eigenvalue weighted by Gasteiger charge is 2.66. The molecule has 0 aromatic heterocycles. The number of amides is 2. The smallest absolute Gasteiger partial charge is 0.273 e. The van der Waals surface area contributed by atoms with Crippen molar-refractivity contribution in [3.63, 3.8) is 0 Å². The minimum atomic E-state index is 0.186. The second kappa shape index (κ2) is 7.32. The Morgan fingerprint density at radius 2 is 1.67 bits per heavy atom. The third kappa shape index (κ3) is 2.81. The number of carbonyl (C=O) groups is 2. The van der Waals surface area contributed by atoms with Gasteiger partial charge in [0, 0.05) is 11.8 Å². The number of nitrogens with zero attached hydrogens (tertiary/aromatic N) is 2. The molecule has 0 aromatic rings. The number of piperidine rings is 1. The lowest BCUT2D eigenvalue weighted by Gasteiger charge is -2.63. The first kappa shape index (κ1) is 21.0. The van der Waals surface area contributed by atoms with Gasteiger partial charge in [-0.2, -0.15) is 9.60 Å². The number of hydrogen-bond donors (Lipinski definition) is 0. The van der Waals surface area contributed by atoms with E-state index in [0.29, 0.717) is 11.8 Å². The molecule has 7 atom stereocenters. The van der Waals surface area contributed by atoms with Crippen molar-refractivity contribution >= 4 is 12.3 Å². The van der Waals surface area contributed by atoms with Crippen LogP contribution in [0.2, 0.25) is 0 Å². The van der Waals surface area contributed by atoms with Gasteiger partial charge in [-0.15, -0.1) is 0 Å². The minimum absolute atomic E-state index is 0.186. The van der Waals surface area contributed by atoms with Crippen molar-refractivity contribution in [2.75, 3.05) is 7.05 Å². The first-order valence-electron chi connectivity index (χ1n) is 13.0. The Hall–Kier alpha value is -0.900. The number of hydrogen-bond acceptors (Lipinski definition) is 2. The summed E-state index contributed by atoms with van der Waals surface area (Å²) >= 11 is 0. The zero-order chi connectivity index (χ0) is 21.1. The minimum Gasteiger partial charge on any atom is -0.273 e. The molecule has 4 nitrogen and oxygen atoms in total. The van der Waals surface area contributed by atoms with Crippen molar-refractivity contribution in [3.05, 3.63) is 0 Å². The van der Waals surface area contributed by atoms with Gasteiger partial charge in [-0.3, -0.25) is 4.79 Å². The van der Waals surface area contributed by atoms with Gasteiger partial charge in [0.1, 0.15) is 6.04 Å². The molecule has 0 aromatic carbocycles. The Bertz CT molecular complexity index is 703. The Labute approximate surface area is 183 Å². The molecule has 168 valence electrons. The molecule has 0 N–H and O–H groups in total. The average Bonchev–Trinajstić information content (AvgIpc) is 3.14. The second-order valence-electron chi connectivity index (χ2n) is 12.3. The first-order valence-corrected chi connectivity index (χ1v) is 13.0. The van der Waals surface area contributed by atoms with E-state index in [9.17, 15) is 9.59 Å².